The minimum absolute atomic E-state index is 0.0430. The number of ketones is 1. The number of amides is 2. The Morgan fingerprint density at radius 1 is 0.667 bits per heavy atom. The molecule has 13 heteroatoms. The highest BCUT2D eigenvalue weighted by Gasteiger charge is 2.33. The molecule has 2 fully saturated rings. The molecule has 0 spiro atoms. The first-order chi connectivity index (χ1) is 23.8. The summed E-state index contributed by atoms with van der Waals surface area (Å²) < 4.78 is 20.4. The lowest BCUT2D eigenvalue weighted by Gasteiger charge is -2.34. The van der Waals surface area contributed by atoms with Crippen LogP contribution in [0.4, 0.5) is 9.59 Å². The van der Waals surface area contributed by atoms with Crippen LogP contribution in [0.15, 0.2) is 16.8 Å². The molecule has 11 nitrogen and oxygen atoms in total. The fourth-order valence-corrected chi connectivity index (χ4v) is 8.37. The third kappa shape index (κ3) is 11.1. The zero-order chi connectivity index (χ0) is 38.3. The number of Topliss-reactive ketones (excluding diaryl/α,β-unsaturated/α-hetero) is 1. The number of esters is 2. The van der Waals surface area contributed by atoms with Crippen LogP contribution in [-0.2, 0) is 18.9 Å². The number of rotatable bonds is 6. The third-order valence-corrected chi connectivity index (χ3v) is 11.0. The molecule has 0 atom stereocenters. The largest absolute Gasteiger partial charge is 0.465 e. The summed E-state index contributed by atoms with van der Waals surface area (Å²) >= 11 is 2.87. The summed E-state index contributed by atoms with van der Waals surface area (Å²) in [5.74, 6) is -0.433. The van der Waals surface area contributed by atoms with Crippen LogP contribution in [0, 0.1) is 25.7 Å². The van der Waals surface area contributed by atoms with Crippen molar-refractivity contribution < 1.29 is 42.9 Å². The predicted octanol–water partition coefficient (Wildman–Crippen LogP) is 8.57. The van der Waals surface area contributed by atoms with Crippen LogP contribution in [-0.4, -0.2) is 91.3 Å². The topological polar surface area (TPSA) is 129 Å². The molecule has 0 saturated carbocycles. The zero-order valence-electron chi connectivity index (χ0n) is 31.9. The average molecular weight is 747 g/mol. The quantitative estimate of drug-likeness (QED) is 0.162. The summed E-state index contributed by atoms with van der Waals surface area (Å²) in [6.45, 7) is 19.3. The Bertz CT molecular complexity index is 1590. The summed E-state index contributed by atoms with van der Waals surface area (Å²) in [6.07, 6.45) is 4.55. The second-order valence-electron chi connectivity index (χ2n) is 14.8. The van der Waals surface area contributed by atoms with E-state index in [1.54, 1.807) is 33.4 Å². The molecule has 2 aliphatic heterocycles. The van der Waals surface area contributed by atoms with Gasteiger partial charge in [-0.3, -0.25) is 4.79 Å². The number of nitrogens with zero attached hydrogens (tertiary/aromatic N) is 2. The van der Waals surface area contributed by atoms with E-state index in [4.69, 9.17) is 18.9 Å². The summed E-state index contributed by atoms with van der Waals surface area (Å²) in [4.78, 5) is 65.9. The number of carbonyl (C=O) groups excluding carboxylic acids is 5. The minimum Gasteiger partial charge on any atom is -0.465 e. The van der Waals surface area contributed by atoms with Gasteiger partial charge in [-0.05, 0) is 111 Å². The Balaban J connectivity index is 0.000000276. The van der Waals surface area contributed by atoms with E-state index in [2.05, 4.69) is 6.08 Å². The van der Waals surface area contributed by atoms with Crippen LogP contribution in [0.3, 0.4) is 0 Å². The van der Waals surface area contributed by atoms with Crippen molar-refractivity contribution in [2.75, 3.05) is 40.4 Å². The molecule has 2 aromatic heterocycles. The number of allylic oxidation sites excluding steroid dienone is 2. The highest BCUT2D eigenvalue weighted by Crippen LogP contribution is 2.38. The number of methoxy groups -OCH3 is 2. The van der Waals surface area contributed by atoms with E-state index in [-0.39, 0.29) is 29.9 Å². The SMILES string of the molecule is C/C=C(/c1scc(C(=O)OC)c1C)C1CCN(C(=O)OC(C)(C)C)CC1.COC(=O)c1csc(C(=O)C2CCN(C(=O)OC(C)(C)C)CC2)c1C. The lowest BCUT2D eigenvalue weighted by molar-refractivity contribution is 0.0179. The summed E-state index contributed by atoms with van der Waals surface area (Å²) in [5.41, 5.74) is 3.00. The highest BCUT2D eigenvalue weighted by molar-refractivity contribution is 7.12. The van der Waals surface area contributed by atoms with Crippen molar-refractivity contribution in [2.45, 2.75) is 99.2 Å². The van der Waals surface area contributed by atoms with Gasteiger partial charge in [-0.2, -0.15) is 0 Å². The van der Waals surface area contributed by atoms with E-state index < -0.39 is 17.2 Å². The van der Waals surface area contributed by atoms with Crippen molar-refractivity contribution >= 4 is 58.2 Å². The number of carbonyl (C=O) groups is 5. The van der Waals surface area contributed by atoms with Crippen molar-refractivity contribution in [3.05, 3.63) is 48.8 Å². The van der Waals surface area contributed by atoms with Gasteiger partial charge in [-0.25, -0.2) is 19.2 Å². The molecule has 2 aromatic rings. The molecule has 2 amide bonds. The maximum atomic E-state index is 12.8. The maximum Gasteiger partial charge on any atom is 0.410 e. The Kier molecular flexibility index (Phi) is 14.5. The van der Waals surface area contributed by atoms with Gasteiger partial charge in [0.1, 0.15) is 11.2 Å². The first kappa shape index (κ1) is 41.7. The molecule has 2 saturated heterocycles. The van der Waals surface area contributed by atoms with Gasteiger partial charge < -0.3 is 28.7 Å². The zero-order valence-corrected chi connectivity index (χ0v) is 33.6. The highest BCUT2D eigenvalue weighted by atomic mass is 32.1. The van der Waals surface area contributed by atoms with E-state index in [9.17, 15) is 24.0 Å². The molecule has 51 heavy (non-hydrogen) atoms. The van der Waals surface area contributed by atoms with E-state index in [0.29, 0.717) is 66.5 Å². The first-order valence-corrected chi connectivity index (χ1v) is 19.1. The standard InChI is InChI=1S/C20H29NO4S.C18H25NO5S/c1-7-15(17-13(2)16(12-26-17)18(22)24-6)14-8-10-21(11-9-14)19(23)25-20(3,4)5;1-11-13(16(21)23-5)10-25-15(11)14(20)12-6-8-19(9-7-12)17(22)24-18(2,3)4/h7,12,14H,8-11H2,1-6H3;10,12H,6-9H2,1-5H3/b15-7+;. The number of ether oxygens (including phenoxy) is 4. The summed E-state index contributed by atoms with van der Waals surface area (Å²) in [7, 11) is 2.73. The average Bonchev–Trinajstić information content (AvgIpc) is 3.65. The third-order valence-electron chi connectivity index (χ3n) is 8.79. The van der Waals surface area contributed by atoms with Crippen molar-refractivity contribution in [3.8, 4) is 0 Å². The molecular formula is C38H54N2O9S2. The second kappa shape index (κ2) is 17.7. The smallest absolute Gasteiger partial charge is 0.410 e. The lowest BCUT2D eigenvalue weighted by atomic mass is 9.87. The van der Waals surface area contributed by atoms with Crippen LogP contribution in [0.5, 0.6) is 0 Å². The van der Waals surface area contributed by atoms with Gasteiger partial charge in [0.15, 0.2) is 5.78 Å². The fourth-order valence-electron chi connectivity index (χ4n) is 6.07. The molecule has 4 rings (SSSR count). The summed E-state index contributed by atoms with van der Waals surface area (Å²) in [5, 5.41) is 3.54. The first-order valence-electron chi connectivity index (χ1n) is 17.3. The number of hydrogen-bond acceptors (Lipinski definition) is 11. The van der Waals surface area contributed by atoms with Gasteiger partial charge in [0.25, 0.3) is 0 Å². The molecule has 0 aromatic carbocycles. The Labute approximate surface area is 310 Å². The Morgan fingerprint density at radius 2 is 1.04 bits per heavy atom. The molecule has 282 valence electrons. The van der Waals surface area contributed by atoms with Crippen LogP contribution < -0.4 is 0 Å². The van der Waals surface area contributed by atoms with Gasteiger partial charge in [0.05, 0.1) is 30.2 Å². The molecule has 0 unspecified atom stereocenters. The molecule has 0 aliphatic carbocycles. The van der Waals surface area contributed by atoms with Gasteiger partial charge in [-0.15, -0.1) is 22.7 Å². The van der Waals surface area contributed by atoms with E-state index >= 15 is 0 Å². The number of thiophene rings is 2. The van der Waals surface area contributed by atoms with Crippen LogP contribution in [0.1, 0.15) is 121 Å². The van der Waals surface area contributed by atoms with Gasteiger partial charge in [-0.1, -0.05) is 6.08 Å². The van der Waals surface area contributed by atoms with Crippen LogP contribution >= 0.6 is 22.7 Å². The van der Waals surface area contributed by atoms with Crippen molar-refractivity contribution in [3.63, 3.8) is 0 Å². The molecule has 2 aliphatic rings. The fraction of sp³-hybridized carbons (Fsp3) is 0.605. The van der Waals surface area contributed by atoms with Crippen molar-refractivity contribution in [1.29, 1.82) is 0 Å². The lowest BCUT2D eigenvalue weighted by Crippen LogP contribution is -2.43. The Hall–Kier alpha value is -3.71. The van der Waals surface area contributed by atoms with E-state index in [1.165, 1.54) is 31.1 Å². The molecule has 4 heterocycles. The predicted molar refractivity (Wildman–Crippen MR) is 200 cm³/mol. The van der Waals surface area contributed by atoms with Gasteiger partial charge in [0.2, 0.25) is 0 Å². The minimum atomic E-state index is -0.526. The monoisotopic (exact) mass is 746 g/mol. The number of piperidine rings is 2. The number of hydrogen-bond donors (Lipinski definition) is 0. The molecule has 0 N–H and O–H groups in total. The molecule has 0 radical (unpaired) electrons. The van der Waals surface area contributed by atoms with Crippen molar-refractivity contribution in [2.24, 2.45) is 11.8 Å². The summed E-state index contributed by atoms with van der Waals surface area (Å²) in [6, 6.07) is 0. The second-order valence-corrected chi connectivity index (χ2v) is 16.5. The Morgan fingerprint density at radius 3 is 1.41 bits per heavy atom. The molecular weight excluding hydrogens is 693 g/mol. The van der Waals surface area contributed by atoms with Gasteiger partial charge >= 0.3 is 24.1 Å². The van der Waals surface area contributed by atoms with Crippen LogP contribution in [0.25, 0.3) is 5.57 Å². The maximum absolute atomic E-state index is 12.8. The van der Waals surface area contributed by atoms with Crippen molar-refractivity contribution in [1.82, 2.24) is 9.80 Å². The molecule has 0 bridgehead atoms. The van der Waals surface area contributed by atoms with Gasteiger partial charge in [0, 0.05) is 47.7 Å². The number of likely N-dealkylation sites (tertiary alicyclic amines) is 2. The van der Waals surface area contributed by atoms with E-state index in [0.717, 1.165) is 23.3 Å². The van der Waals surface area contributed by atoms with Crippen LogP contribution in [0.2, 0.25) is 0 Å². The van der Waals surface area contributed by atoms with E-state index in [1.807, 2.05) is 60.8 Å². The normalized spacial score (nSPS) is 16.2.